The van der Waals surface area contributed by atoms with E-state index >= 15 is 0 Å². The Balaban J connectivity index is 1.59. The molecule has 4 nitrogen and oxygen atoms in total. The molecule has 0 aromatic rings. The maximum Gasteiger partial charge on any atom is 0.0700 e. The maximum atomic E-state index is 5.64. The fraction of sp³-hybridized carbons (Fsp3) is 1.00. The molecule has 2 atom stereocenters. The van der Waals surface area contributed by atoms with Gasteiger partial charge in [0.15, 0.2) is 0 Å². The molecule has 2 fully saturated rings. The van der Waals surface area contributed by atoms with Gasteiger partial charge in [0.1, 0.15) is 0 Å². The Morgan fingerprint density at radius 1 is 1.26 bits per heavy atom. The molecular formula is C15H31N3O. The molecule has 2 unspecified atom stereocenters. The molecule has 2 rings (SSSR count). The molecule has 2 aliphatic rings. The van der Waals surface area contributed by atoms with Crippen LogP contribution in [0.1, 0.15) is 32.6 Å². The van der Waals surface area contributed by atoms with Gasteiger partial charge < -0.3 is 15.0 Å². The van der Waals surface area contributed by atoms with Crippen LogP contribution in [-0.2, 0) is 4.74 Å². The van der Waals surface area contributed by atoms with E-state index in [1.54, 1.807) is 0 Å². The fourth-order valence-electron chi connectivity index (χ4n) is 3.23. The zero-order chi connectivity index (χ0) is 13.7. The highest BCUT2D eigenvalue weighted by Gasteiger charge is 2.23. The monoisotopic (exact) mass is 269 g/mol. The smallest absolute Gasteiger partial charge is 0.0700 e. The van der Waals surface area contributed by atoms with Gasteiger partial charge in [-0.15, -0.1) is 0 Å². The Kier molecular flexibility index (Phi) is 6.07. The highest BCUT2D eigenvalue weighted by atomic mass is 16.5. The third kappa shape index (κ3) is 4.71. The van der Waals surface area contributed by atoms with Crippen LogP contribution in [0.25, 0.3) is 0 Å². The summed E-state index contributed by atoms with van der Waals surface area (Å²) in [5, 5.41) is 3.58. The Morgan fingerprint density at radius 3 is 2.58 bits per heavy atom. The van der Waals surface area contributed by atoms with E-state index < -0.39 is 0 Å². The largest absolute Gasteiger partial charge is 0.377 e. The molecule has 2 aliphatic heterocycles. The summed E-state index contributed by atoms with van der Waals surface area (Å²) in [5.41, 5.74) is 0. The number of piperidine rings is 1. The molecule has 2 saturated heterocycles. The van der Waals surface area contributed by atoms with Gasteiger partial charge in [0.25, 0.3) is 0 Å². The first-order valence-corrected chi connectivity index (χ1v) is 7.89. The summed E-state index contributed by atoms with van der Waals surface area (Å²) in [5.74, 6) is 0. The quantitative estimate of drug-likeness (QED) is 0.783. The molecule has 112 valence electrons. The average Bonchev–Trinajstić information content (AvgIpc) is 2.92. The van der Waals surface area contributed by atoms with E-state index in [1.165, 1.54) is 38.8 Å². The van der Waals surface area contributed by atoms with Crippen molar-refractivity contribution in [2.45, 2.75) is 50.8 Å². The summed E-state index contributed by atoms with van der Waals surface area (Å²) in [7, 11) is 4.40. The van der Waals surface area contributed by atoms with Gasteiger partial charge in [-0.2, -0.15) is 0 Å². The van der Waals surface area contributed by atoms with E-state index in [-0.39, 0.29) is 0 Å². The number of hydrogen-bond donors (Lipinski definition) is 1. The molecule has 0 bridgehead atoms. The van der Waals surface area contributed by atoms with Crippen LogP contribution in [0.5, 0.6) is 0 Å². The number of nitrogens with zero attached hydrogens (tertiary/aromatic N) is 2. The lowest BCUT2D eigenvalue weighted by Crippen LogP contribution is -2.48. The van der Waals surface area contributed by atoms with E-state index in [4.69, 9.17) is 4.74 Å². The molecule has 19 heavy (non-hydrogen) atoms. The van der Waals surface area contributed by atoms with Gasteiger partial charge in [0, 0.05) is 31.8 Å². The van der Waals surface area contributed by atoms with Crippen molar-refractivity contribution in [3.8, 4) is 0 Å². The van der Waals surface area contributed by atoms with E-state index in [0.717, 1.165) is 25.7 Å². The van der Waals surface area contributed by atoms with Gasteiger partial charge in [-0.25, -0.2) is 0 Å². The molecule has 0 aromatic carbocycles. The van der Waals surface area contributed by atoms with Crippen molar-refractivity contribution in [3.63, 3.8) is 0 Å². The SMILES string of the molecule is CC(CNCC1CCCO1)N1CCC(N(C)C)CC1. The Bertz CT molecular complexity index is 246. The highest BCUT2D eigenvalue weighted by molar-refractivity contribution is 4.81. The summed E-state index contributed by atoms with van der Waals surface area (Å²) >= 11 is 0. The van der Waals surface area contributed by atoms with Crippen molar-refractivity contribution in [1.82, 2.24) is 15.1 Å². The molecule has 1 N–H and O–H groups in total. The van der Waals surface area contributed by atoms with Crippen molar-refractivity contribution in [3.05, 3.63) is 0 Å². The lowest BCUT2D eigenvalue weighted by atomic mass is 10.0. The summed E-state index contributed by atoms with van der Waals surface area (Å²) in [6.07, 6.45) is 5.55. The van der Waals surface area contributed by atoms with Crippen molar-refractivity contribution >= 4 is 0 Å². The van der Waals surface area contributed by atoms with Crippen molar-refractivity contribution in [2.75, 3.05) is 46.9 Å². The Hall–Kier alpha value is -0.160. The number of likely N-dealkylation sites (tertiary alicyclic amines) is 1. The van der Waals surface area contributed by atoms with Crippen LogP contribution >= 0.6 is 0 Å². The Morgan fingerprint density at radius 2 is 2.00 bits per heavy atom. The summed E-state index contributed by atoms with van der Waals surface area (Å²) in [4.78, 5) is 5.00. The van der Waals surface area contributed by atoms with Crippen LogP contribution in [0, 0.1) is 0 Å². The predicted molar refractivity (Wildman–Crippen MR) is 79.6 cm³/mol. The predicted octanol–water partition coefficient (Wildman–Crippen LogP) is 1.17. The minimum Gasteiger partial charge on any atom is -0.377 e. The third-order valence-corrected chi connectivity index (χ3v) is 4.69. The zero-order valence-electron chi connectivity index (χ0n) is 12.9. The third-order valence-electron chi connectivity index (χ3n) is 4.69. The highest BCUT2D eigenvalue weighted by Crippen LogP contribution is 2.16. The van der Waals surface area contributed by atoms with Crippen LogP contribution in [0.2, 0.25) is 0 Å². The number of ether oxygens (including phenoxy) is 1. The van der Waals surface area contributed by atoms with E-state index in [9.17, 15) is 0 Å². The van der Waals surface area contributed by atoms with Gasteiger partial charge in [0.05, 0.1) is 6.10 Å². The van der Waals surface area contributed by atoms with Crippen molar-refractivity contribution in [2.24, 2.45) is 0 Å². The standard InChI is InChI=1S/C15H31N3O/c1-13(11-16-12-15-5-4-10-19-15)18-8-6-14(7-9-18)17(2)3/h13-16H,4-12H2,1-3H3. The second kappa shape index (κ2) is 7.58. The summed E-state index contributed by atoms with van der Waals surface area (Å²) in [6.45, 7) is 7.90. The maximum absolute atomic E-state index is 5.64. The molecule has 0 spiro atoms. The first-order chi connectivity index (χ1) is 9.16. The van der Waals surface area contributed by atoms with Crippen molar-refractivity contribution < 1.29 is 4.74 Å². The first kappa shape index (κ1) is 15.2. The molecule has 0 aliphatic carbocycles. The lowest BCUT2D eigenvalue weighted by Gasteiger charge is -2.38. The topological polar surface area (TPSA) is 27.7 Å². The van der Waals surface area contributed by atoms with Crippen molar-refractivity contribution in [1.29, 1.82) is 0 Å². The fourth-order valence-corrected chi connectivity index (χ4v) is 3.23. The van der Waals surface area contributed by atoms with Gasteiger partial charge in [0.2, 0.25) is 0 Å². The average molecular weight is 269 g/mol. The first-order valence-electron chi connectivity index (χ1n) is 7.89. The number of rotatable bonds is 6. The van der Waals surface area contributed by atoms with Crippen LogP contribution in [0.4, 0.5) is 0 Å². The molecular weight excluding hydrogens is 238 g/mol. The summed E-state index contributed by atoms with van der Waals surface area (Å²) in [6, 6.07) is 1.42. The minimum atomic E-state index is 0.465. The van der Waals surface area contributed by atoms with Gasteiger partial charge in [-0.05, 0) is 59.8 Å². The van der Waals surface area contributed by atoms with Crippen LogP contribution in [0.3, 0.4) is 0 Å². The van der Waals surface area contributed by atoms with Crippen LogP contribution < -0.4 is 5.32 Å². The number of nitrogens with one attached hydrogen (secondary N) is 1. The second-order valence-corrected chi connectivity index (χ2v) is 6.37. The zero-order valence-corrected chi connectivity index (χ0v) is 12.9. The molecule has 0 aromatic heterocycles. The lowest BCUT2D eigenvalue weighted by molar-refractivity contribution is 0.0977. The summed E-state index contributed by atoms with van der Waals surface area (Å²) < 4.78 is 5.64. The van der Waals surface area contributed by atoms with E-state index in [0.29, 0.717) is 12.1 Å². The van der Waals surface area contributed by atoms with Gasteiger partial charge >= 0.3 is 0 Å². The van der Waals surface area contributed by atoms with Gasteiger partial charge in [-0.3, -0.25) is 4.90 Å². The van der Waals surface area contributed by atoms with Gasteiger partial charge in [-0.1, -0.05) is 0 Å². The molecule has 0 radical (unpaired) electrons. The Labute approximate surface area is 118 Å². The minimum absolute atomic E-state index is 0.465. The normalized spacial score (nSPS) is 28.1. The second-order valence-electron chi connectivity index (χ2n) is 6.37. The van der Waals surface area contributed by atoms with E-state index in [1.807, 2.05) is 0 Å². The van der Waals surface area contributed by atoms with Crippen LogP contribution in [0.15, 0.2) is 0 Å². The molecule has 4 heteroatoms. The molecule has 0 saturated carbocycles. The van der Waals surface area contributed by atoms with Crippen LogP contribution in [-0.4, -0.2) is 74.9 Å². The molecule has 0 amide bonds. The molecule has 2 heterocycles. The number of hydrogen-bond acceptors (Lipinski definition) is 4. The van der Waals surface area contributed by atoms with E-state index in [2.05, 4.69) is 36.1 Å².